The highest BCUT2D eigenvalue weighted by atomic mass is 19.1. The Morgan fingerprint density at radius 2 is 2.02 bits per heavy atom. The number of amides is 1. The fourth-order valence-corrected chi connectivity index (χ4v) is 5.29. The van der Waals surface area contributed by atoms with E-state index in [2.05, 4.69) is 31.9 Å². The Hall–Kier alpha value is -4.47. The number of phenols is 1. The molecule has 0 saturated carbocycles. The normalized spacial score (nSPS) is 16.2. The third-order valence-corrected chi connectivity index (χ3v) is 7.42. The van der Waals surface area contributed by atoms with Gasteiger partial charge in [-0.2, -0.15) is 10.4 Å². The summed E-state index contributed by atoms with van der Waals surface area (Å²) in [6.45, 7) is 4.74. The van der Waals surface area contributed by atoms with E-state index in [1.54, 1.807) is 12.1 Å². The highest BCUT2D eigenvalue weighted by Gasteiger charge is 2.28. The van der Waals surface area contributed by atoms with E-state index in [-0.39, 0.29) is 45.4 Å². The first-order valence-corrected chi connectivity index (χ1v) is 13.3. The number of aromatic nitrogens is 3. The van der Waals surface area contributed by atoms with Crippen LogP contribution in [0.2, 0.25) is 0 Å². The number of nitriles is 1. The van der Waals surface area contributed by atoms with Crippen LogP contribution in [-0.4, -0.2) is 72.1 Å². The maximum atomic E-state index is 15.0. The van der Waals surface area contributed by atoms with Crippen molar-refractivity contribution in [1.82, 2.24) is 25.8 Å². The number of fused-ring (bicyclic) bond motifs is 1. The molecule has 0 aliphatic carbocycles. The van der Waals surface area contributed by atoms with Crippen molar-refractivity contribution in [2.75, 3.05) is 50.8 Å². The second-order valence-electron chi connectivity index (χ2n) is 9.92. The van der Waals surface area contributed by atoms with E-state index in [0.29, 0.717) is 55.8 Å². The third-order valence-electron chi connectivity index (χ3n) is 7.42. The van der Waals surface area contributed by atoms with Gasteiger partial charge >= 0.3 is 0 Å². The Kier molecular flexibility index (Phi) is 7.06. The fourth-order valence-electron chi connectivity index (χ4n) is 5.29. The second-order valence-corrected chi connectivity index (χ2v) is 9.92. The zero-order chi connectivity index (χ0) is 27.6. The van der Waals surface area contributed by atoms with Crippen molar-refractivity contribution in [2.45, 2.75) is 12.8 Å². The van der Waals surface area contributed by atoms with E-state index in [1.807, 2.05) is 4.90 Å². The minimum atomic E-state index is -0.752. The second kappa shape index (κ2) is 11.0. The summed E-state index contributed by atoms with van der Waals surface area (Å²) in [6.07, 6.45) is 1.93. The van der Waals surface area contributed by atoms with Gasteiger partial charge in [0.2, 0.25) is 0 Å². The van der Waals surface area contributed by atoms with E-state index in [1.165, 1.54) is 12.1 Å². The number of rotatable bonds is 6. The Morgan fingerprint density at radius 1 is 1.23 bits per heavy atom. The molecule has 2 aliphatic rings. The van der Waals surface area contributed by atoms with Gasteiger partial charge in [0.15, 0.2) is 11.5 Å². The molecule has 0 bridgehead atoms. The summed E-state index contributed by atoms with van der Waals surface area (Å²) < 4.78 is 26.7. The van der Waals surface area contributed by atoms with E-state index in [0.717, 1.165) is 32.0 Å². The first kappa shape index (κ1) is 25.8. The molecule has 0 spiro atoms. The van der Waals surface area contributed by atoms with Gasteiger partial charge in [-0.25, -0.2) is 9.37 Å². The van der Waals surface area contributed by atoms with Crippen LogP contribution in [0.1, 0.15) is 28.9 Å². The SMILES string of the molecule is N#Cc1c(-c2ccc(O)cc2F)nc2n[nH]c(C(=O)NCC3CCNCC3)c2c1-c1ccc(N2CCOCC2)o1. The zero-order valence-electron chi connectivity index (χ0n) is 21.7. The molecule has 206 valence electrons. The number of carbonyl (C=O) groups excluding carboxylic acids is 1. The maximum Gasteiger partial charge on any atom is 0.270 e. The molecule has 2 fully saturated rings. The largest absolute Gasteiger partial charge is 0.508 e. The molecule has 3 aromatic heterocycles. The number of aromatic hydroxyl groups is 1. The molecule has 4 N–H and O–H groups in total. The van der Waals surface area contributed by atoms with Gasteiger partial charge in [0.1, 0.15) is 29.1 Å². The highest BCUT2D eigenvalue weighted by molar-refractivity contribution is 6.11. The molecule has 1 aromatic carbocycles. The number of morpholine rings is 1. The van der Waals surface area contributed by atoms with Crippen molar-refractivity contribution in [3.63, 3.8) is 0 Å². The average molecular weight is 546 g/mol. The molecule has 40 heavy (non-hydrogen) atoms. The molecule has 5 heterocycles. The van der Waals surface area contributed by atoms with Crippen LogP contribution >= 0.6 is 0 Å². The molecular formula is C28H28FN7O4. The summed E-state index contributed by atoms with van der Waals surface area (Å²) in [5, 5.41) is 33.8. The van der Waals surface area contributed by atoms with Gasteiger partial charge in [-0.15, -0.1) is 0 Å². The summed E-state index contributed by atoms with van der Waals surface area (Å²) in [4.78, 5) is 19.9. The zero-order valence-corrected chi connectivity index (χ0v) is 21.7. The lowest BCUT2D eigenvalue weighted by atomic mass is 9.96. The number of aromatic amines is 1. The number of halogens is 1. The Labute approximate surface area is 228 Å². The summed E-state index contributed by atoms with van der Waals surface area (Å²) in [5.41, 5.74) is 0.624. The molecule has 0 atom stereocenters. The molecule has 2 saturated heterocycles. The number of hydrogen-bond donors (Lipinski definition) is 4. The lowest BCUT2D eigenvalue weighted by Gasteiger charge is -2.26. The predicted octanol–water partition coefficient (Wildman–Crippen LogP) is 3.17. The first-order valence-electron chi connectivity index (χ1n) is 13.3. The molecule has 11 nitrogen and oxygen atoms in total. The quantitative estimate of drug-likeness (QED) is 0.286. The molecule has 6 rings (SSSR count). The van der Waals surface area contributed by atoms with Crippen molar-refractivity contribution in [3.8, 4) is 34.4 Å². The maximum absolute atomic E-state index is 15.0. The van der Waals surface area contributed by atoms with Crippen LogP contribution in [0.4, 0.5) is 10.3 Å². The topological polar surface area (TPSA) is 152 Å². The van der Waals surface area contributed by atoms with E-state index >= 15 is 0 Å². The van der Waals surface area contributed by atoms with Gasteiger partial charge in [0.05, 0.1) is 35.4 Å². The van der Waals surface area contributed by atoms with E-state index in [4.69, 9.17) is 9.15 Å². The van der Waals surface area contributed by atoms with Crippen molar-refractivity contribution >= 4 is 22.8 Å². The monoisotopic (exact) mass is 545 g/mol. The van der Waals surface area contributed by atoms with E-state index < -0.39 is 5.82 Å². The number of hydrogen-bond acceptors (Lipinski definition) is 9. The molecule has 12 heteroatoms. The van der Waals surface area contributed by atoms with Crippen molar-refractivity contribution in [1.29, 1.82) is 5.26 Å². The average Bonchev–Trinajstić information content (AvgIpc) is 3.64. The van der Waals surface area contributed by atoms with E-state index in [9.17, 15) is 19.6 Å². The first-order chi connectivity index (χ1) is 19.5. The van der Waals surface area contributed by atoms with Crippen LogP contribution in [0.25, 0.3) is 33.6 Å². The number of phenolic OH excluding ortho intramolecular Hbond substituents is 1. The summed E-state index contributed by atoms with van der Waals surface area (Å²) in [5.74, 6) is -0.120. The molecule has 2 aliphatic heterocycles. The van der Waals surface area contributed by atoms with Gasteiger partial charge in [-0.1, -0.05) is 0 Å². The molecule has 0 radical (unpaired) electrons. The molecule has 0 unspecified atom stereocenters. The molecule has 1 amide bonds. The Bertz CT molecular complexity index is 1600. The Balaban J connectivity index is 1.48. The van der Waals surface area contributed by atoms with Gasteiger partial charge in [0.25, 0.3) is 5.91 Å². The van der Waals surface area contributed by atoms with Crippen LogP contribution < -0.4 is 15.5 Å². The summed E-state index contributed by atoms with van der Waals surface area (Å²) >= 11 is 0. The van der Waals surface area contributed by atoms with Crippen molar-refractivity contribution in [3.05, 3.63) is 47.4 Å². The van der Waals surface area contributed by atoms with Gasteiger partial charge in [0, 0.05) is 37.3 Å². The van der Waals surface area contributed by atoms with Gasteiger partial charge in [-0.05, 0) is 50.0 Å². The number of ether oxygens (including phenoxy) is 1. The Morgan fingerprint density at radius 3 is 2.77 bits per heavy atom. The number of carbonyl (C=O) groups is 1. The predicted molar refractivity (Wildman–Crippen MR) is 144 cm³/mol. The smallest absolute Gasteiger partial charge is 0.270 e. The summed E-state index contributed by atoms with van der Waals surface area (Å²) in [7, 11) is 0. The number of furan rings is 1. The van der Waals surface area contributed by atoms with Crippen LogP contribution in [0.5, 0.6) is 5.75 Å². The third kappa shape index (κ3) is 4.85. The number of nitrogens with zero attached hydrogens (tertiary/aromatic N) is 4. The highest BCUT2D eigenvalue weighted by Crippen LogP contribution is 2.40. The number of piperidine rings is 1. The van der Waals surface area contributed by atoms with Crippen molar-refractivity contribution in [2.24, 2.45) is 5.92 Å². The standard InChI is InChI=1S/C28H28FN7O4/c29-20-13-17(37)1-2-18(20)25-19(14-30)23(21-3-4-22(40-21)36-9-11-39-12-10-36)24-26(34-35-27(24)33-25)28(38)32-15-16-5-7-31-8-6-16/h1-4,13,16,31,37H,5-12,15H2,(H,32,38)(H,33,34,35). The fraction of sp³-hybridized carbons (Fsp3) is 0.357. The molecule has 4 aromatic rings. The van der Waals surface area contributed by atoms with Crippen molar-refractivity contribution < 1.29 is 23.4 Å². The van der Waals surface area contributed by atoms with Gasteiger partial charge < -0.3 is 29.8 Å². The van der Waals surface area contributed by atoms with Crippen LogP contribution in [0, 0.1) is 23.1 Å². The lowest BCUT2D eigenvalue weighted by Crippen LogP contribution is -2.36. The number of H-pyrrole nitrogens is 1. The lowest BCUT2D eigenvalue weighted by molar-refractivity contribution is 0.0940. The number of anilines is 1. The van der Waals surface area contributed by atoms with Crippen LogP contribution in [0.15, 0.2) is 34.7 Å². The minimum absolute atomic E-state index is 0.0115. The minimum Gasteiger partial charge on any atom is -0.508 e. The van der Waals surface area contributed by atoms with Gasteiger partial charge in [-0.3, -0.25) is 9.89 Å². The number of benzene rings is 1. The summed E-state index contributed by atoms with van der Waals surface area (Å²) in [6, 6.07) is 9.30. The number of pyridine rings is 1. The molecular weight excluding hydrogens is 517 g/mol. The van der Waals surface area contributed by atoms with Crippen LogP contribution in [-0.2, 0) is 4.74 Å². The number of nitrogens with one attached hydrogen (secondary N) is 3. The van der Waals surface area contributed by atoms with Crippen LogP contribution in [0.3, 0.4) is 0 Å².